The number of carboxylic acid groups (broad SMARTS) is 1. The van der Waals surface area contributed by atoms with Gasteiger partial charge in [-0.1, -0.05) is 19.1 Å². The molecular weight excluding hydrogens is 310 g/mol. The fourth-order valence-corrected chi connectivity index (χ4v) is 5.44. The third kappa shape index (κ3) is 3.99. The summed E-state index contributed by atoms with van der Waals surface area (Å²) >= 11 is 1.65. The van der Waals surface area contributed by atoms with E-state index in [1.807, 2.05) is 11.0 Å². The highest BCUT2D eigenvalue weighted by molar-refractivity contribution is 8.01. The topological polar surface area (TPSA) is 74.7 Å². The Bertz CT molecular complexity index is 615. The lowest BCUT2D eigenvalue weighted by molar-refractivity contribution is 0.0696. The maximum atomic E-state index is 12.2. The van der Waals surface area contributed by atoms with Crippen LogP contribution in [0.25, 0.3) is 0 Å². The number of hydrogen-bond donors (Lipinski definition) is 1. The summed E-state index contributed by atoms with van der Waals surface area (Å²) in [5.41, 5.74) is 1.06. The van der Waals surface area contributed by atoms with E-state index in [0.717, 1.165) is 11.3 Å². The lowest BCUT2D eigenvalue weighted by atomic mass is 10.1. The quantitative estimate of drug-likeness (QED) is 0.886. The smallest absolute Gasteiger partial charge is 0.335 e. The second kappa shape index (κ2) is 6.81. The SMILES string of the molecule is CCS(=O)(=O)C1CSCCN1Cc1cccc(C(=O)O)c1. The Kier molecular flexibility index (Phi) is 5.29. The summed E-state index contributed by atoms with van der Waals surface area (Å²) in [6, 6.07) is 6.68. The highest BCUT2D eigenvalue weighted by Crippen LogP contribution is 2.23. The van der Waals surface area contributed by atoms with E-state index in [4.69, 9.17) is 5.11 Å². The summed E-state index contributed by atoms with van der Waals surface area (Å²) in [5, 5.41) is 8.54. The van der Waals surface area contributed by atoms with Crippen molar-refractivity contribution in [3.05, 3.63) is 35.4 Å². The second-order valence-electron chi connectivity index (χ2n) is 4.96. The van der Waals surface area contributed by atoms with Gasteiger partial charge in [0.05, 0.1) is 5.56 Å². The molecule has 5 nitrogen and oxygen atoms in total. The lowest BCUT2D eigenvalue weighted by Gasteiger charge is -2.34. The van der Waals surface area contributed by atoms with Gasteiger partial charge in [-0.3, -0.25) is 4.90 Å². The molecule has 0 aliphatic carbocycles. The lowest BCUT2D eigenvalue weighted by Crippen LogP contribution is -2.47. The van der Waals surface area contributed by atoms with Crippen molar-refractivity contribution in [2.75, 3.05) is 23.8 Å². The fourth-order valence-electron chi connectivity index (χ4n) is 2.36. The molecule has 0 bridgehead atoms. The van der Waals surface area contributed by atoms with Gasteiger partial charge in [-0.25, -0.2) is 13.2 Å². The summed E-state index contributed by atoms with van der Waals surface area (Å²) in [7, 11) is -3.13. The van der Waals surface area contributed by atoms with Crippen LogP contribution in [0.1, 0.15) is 22.8 Å². The highest BCUT2D eigenvalue weighted by Gasteiger charge is 2.32. The van der Waals surface area contributed by atoms with Crippen molar-refractivity contribution < 1.29 is 18.3 Å². The number of sulfone groups is 1. The van der Waals surface area contributed by atoms with Gasteiger partial charge >= 0.3 is 5.97 Å². The van der Waals surface area contributed by atoms with Crippen LogP contribution < -0.4 is 0 Å². The van der Waals surface area contributed by atoms with E-state index in [-0.39, 0.29) is 11.3 Å². The largest absolute Gasteiger partial charge is 0.478 e. The first-order valence-electron chi connectivity index (χ1n) is 6.79. The molecule has 1 aliphatic heterocycles. The van der Waals surface area contributed by atoms with Crippen LogP contribution in [0.15, 0.2) is 24.3 Å². The predicted octanol–water partition coefficient (Wildman–Crippen LogP) is 1.69. The summed E-state index contributed by atoms with van der Waals surface area (Å²) in [5.74, 6) is 0.635. The van der Waals surface area contributed by atoms with Crippen molar-refractivity contribution in [1.82, 2.24) is 4.90 Å². The maximum absolute atomic E-state index is 12.2. The minimum atomic E-state index is -3.13. The molecule has 0 aromatic heterocycles. The van der Waals surface area contributed by atoms with Gasteiger partial charge in [0.2, 0.25) is 0 Å². The van der Waals surface area contributed by atoms with Crippen LogP contribution in [-0.4, -0.2) is 53.6 Å². The van der Waals surface area contributed by atoms with Crippen LogP contribution >= 0.6 is 11.8 Å². The number of thioether (sulfide) groups is 1. The minimum absolute atomic E-state index is 0.129. The average Bonchev–Trinajstić information content (AvgIpc) is 2.48. The Morgan fingerprint density at radius 3 is 2.90 bits per heavy atom. The number of carbonyl (C=O) groups is 1. The van der Waals surface area contributed by atoms with Gasteiger partial charge in [0.15, 0.2) is 9.84 Å². The number of carboxylic acids is 1. The Morgan fingerprint density at radius 2 is 2.24 bits per heavy atom. The standard InChI is InChI=1S/C14H19NO4S2/c1-2-21(18,19)13-10-20-7-6-15(13)9-11-4-3-5-12(8-11)14(16)17/h3-5,8,13H,2,6-7,9-10H2,1H3,(H,16,17). The van der Waals surface area contributed by atoms with Crippen molar-refractivity contribution in [2.45, 2.75) is 18.8 Å². The monoisotopic (exact) mass is 329 g/mol. The average molecular weight is 329 g/mol. The molecule has 2 rings (SSSR count). The molecule has 1 N–H and O–H groups in total. The molecule has 1 aromatic carbocycles. The third-order valence-corrected chi connectivity index (χ3v) is 6.90. The number of nitrogens with zero attached hydrogens (tertiary/aromatic N) is 1. The molecule has 1 heterocycles. The Balaban J connectivity index is 2.20. The fraction of sp³-hybridized carbons (Fsp3) is 0.500. The van der Waals surface area contributed by atoms with Crippen LogP contribution in [0.2, 0.25) is 0 Å². The van der Waals surface area contributed by atoms with E-state index in [1.165, 1.54) is 6.07 Å². The second-order valence-corrected chi connectivity index (χ2v) is 8.55. The van der Waals surface area contributed by atoms with Crippen molar-refractivity contribution in [2.24, 2.45) is 0 Å². The zero-order valence-corrected chi connectivity index (χ0v) is 13.5. The molecule has 1 aromatic rings. The zero-order chi connectivity index (χ0) is 15.5. The van der Waals surface area contributed by atoms with E-state index < -0.39 is 21.2 Å². The molecule has 1 atom stereocenters. The molecule has 1 aliphatic rings. The molecule has 7 heteroatoms. The van der Waals surface area contributed by atoms with E-state index in [2.05, 4.69) is 0 Å². The van der Waals surface area contributed by atoms with Crippen LogP contribution in [0.4, 0.5) is 0 Å². The van der Waals surface area contributed by atoms with Gasteiger partial charge in [-0.05, 0) is 17.7 Å². The Hall–Kier alpha value is -1.05. The van der Waals surface area contributed by atoms with Crippen molar-refractivity contribution in [3.63, 3.8) is 0 Å². The Morgan fingerprint density at radius 1 is 1.48 bits per heavy atom. The summed E-state index contributed by atoms with van der Waals surface area (Å²) in [4.78, 5) is 12.9. The number of aromatic carboxylic acids is 1. The van der Waals surface area contributed by atoms with E-state index in [0.29, 0.717) is 18.8 Å². The number of benzene rings is 1. The van der Waals surface area contributed by atoms with Crippen LogP contribution in [0, 0.1) is 0 Å². The van der Waals surface area contributed by atoms with Crippen molar-refractivity contribution in [3.8, 4) is 0 Å². The van der Waals surface area contributed by atoms with Gasteiger partial charge in [-0.15, -0.1) is 0 Å². The molecule has 0 saturated carbocycles. The van der Waals surface area contributed by atoms with Crippen molar-refractivity contribution in [1.29, 1.82) is 0 Å². The van der Waals surface area contributed by atoms with Crippen molar-refractivity contribution >= 4 is 27.6 Å². The molecule has 1 saturated heterocycles. The molecule has 1 unspecified atom stereocenters. The van der Waals surface area contributed by atoms with E-state index in [9.17, 15) is 13.2 Å². The first-order chi connectivity index (χ1) is 9.94. The normalized spacial score (nSPS) is 20.3. The highest BCUT2D eigenvalue weighted by atomic mass is 32.2. The van der Waals surface area contributed by atoms with Gasteiger partial charge in [-0.2, -0.15) is 11.8 Å². The molecular formula is C14H19NO4S2. The molecule has 116 valence electrons. The van der Waals surface area contributed by atoms with Crippen LogP contribution in [-0.2, 0) is 16.4 Å². The third-order valence-electron chi connectivity index (χ3n) is 3.57. The number of rotatable bonds is 5. The van der Waals surface area contributed by atoms with Crippen LogP contribution in [0.3, 0.4) is 0 Å². The first kappa shape index (κ1) is 16.3. The zero-order valence-electron chi connectivity index (χ0n) is 11.9. The summed E-state index contributed by atoms with van der Waals surface area (Å²) in [6.07, 6.45) is 0. The van der Waals surface area contributed by atoms with E-state index in [1.54, 1.807) is 30.8 Å². The Labute approximate surface area is 129 Å². The summed E-state index contributed by atoms with van der Waals surface area (Å²) < 4.78 is 24.4. The van der Waals surface area contributed by atoms with Gasteiger partial charge in [0.25, 0.3) is 0 Å². The number of hydrogen-bond acceptors (Lipinski definition) is 5. The van der Waals surface area contributed by atoms with Gasteiger partial charge in [0, 0.05) is 30.3 Å². The predicted molar refractivity (Wildman–Crippen MR) is 84.4 cm³/mol. The first-order valence-corrected chi connectivity index (χ1v) is 9.66. The van der Waals surface area contributed by atoms with Gasteiger partial charge < -0.3 is 5.11 Å². The van der Waals surface area contributed by atoms with E-state index >= 15 is 0 Å². The molecule has 0 amide bonds. The molecule has 0 spiro atoms. The maximum Gasteiger partial charge on any atom is 0.335 e. The molecule has 21 heavy (non-hydrogen) atoms. The molecule has 0 radical (unpaired) electrons. The minimum Gasteiger partial charge on any atom is -0.478 e. The molecule has 1 fully saturated rings. The van der Waals surface area contributed by atoms with Gasteiger partial charge in [0.1, 0.15) is 5.37 Å². The van der Waals surface area contributed by atoms with Crippen LogP contribution in [0.5, 0.6) is 0 Å². The summed E-state index contributed by atoms with van der Waals surface area (Å²) in [6.45, 7) is 2.83.